The quantitative estimate of drug-likeness (QED) is 0.650. The molecule has 0 aliphatic heterocycles. The number of amides is 2. The summed E-state index contributed by atoms with van der Waals surface area (Å²) in [6.45, 7) is 2.00. The Bertz CT molecular complexity index is 1080. The molecule has 0 saturated carbocycles. The molecule has 0 spiro atoms. The van der Waals surface area contributed by atoms with E-state index in [0.717, 1.165) is 10.2 Å². The number of hydrogen-bond acceptors (Lipinski definition) is 4. The van der Waals surface area contributed by atoms with Crippen molar-refractivity contribution in [3.05, 3.63) is 87.3 Å². The molecule has 2 amide bonds. The number of aromatic nitrogens is 2. The second-order valence-electron chi connectivity index (χ2n) is 6.41. The van der Waals surface area contributed by atoms with Gasteiger partial charge in [0.1, 0.15) is 5.69 Å². The maximum atomic E-state index is 12.4. The van der Waals surface area contributed by atoms with E-state index in [1.807, 2.05) is 19.1 Å². The van der Waals surface area contributed by atoms with Crippen LogP contribution in [0.5, 0.6) is 0 Å². The third-order valence-corrected chi connectivity index (χ3v) is 4.34. The number of nitrogens with zero attached hydrogens (tertiary/aromatic N) is 2. The summed E-state index contributed by atoms with van der Waals surface area (Å²) < 4.78 is 1.10. The van der Waals surface area contributed by atoms with Gasteiger partial charge in [0.25, 0.3) is 11.5 Å². The van der Waals surface area contributed by atoms with Crippen LogP contribution in [0.1, 0.15) is 22.5 Å². The molecular formula is C21H19ClN4O3. The van der Waals surface area contributed by atoms with Gasteiger partial charge in [-0.3, -0.25) is 14.4 Å². The van der Waals surface area contributed by atoms with Crippen molar-refractivity contribution in [2.24, 2.45) is 0 Å². The summed E-state index contributed by atoms with van der Waals surface area (Å²) in [5.74, 6) is -0.719. The molecule has 0 fully saturated rings. The number of hydrogen-bond donors (Lipinski definition) is 2. The van der Waals surface area contributed by atoms with Crippen molar-refractivity contribution < 1.29 is 9.59 Å². The first kappa shape index (κ1) is 20.3. The van der Waals surface area contributed by atoms with E-state index in [0.29, 0.717) is 16.4 Å². The van der Waals surface area contributed by atoms with Crippen LogP contribution in [0.3, 0.4) is 0 Å². The lowest BCUT2D eigenvalue weighted by atomic mass is 10.2. The zero-order valence-corrected chi connectivity index (χ0v) is 16.4. The number of anilines is 2. The first-order chi connectivity index (χ1) is 13.9. The Balaban J connectivity index is 1.63. The molecule has 2 N–H and O–H groups in total. The van der Waals surface area contributed by atoms with Crippen LogP contribution in [0, 0.1) is 6.92 Å². The van der Waals surface area contributed by atoms with E-state index in [4.69, 9.17) is 11.6 Å². The average molecular weight is 411 g/mol. The van der Waals surface area contributed by atoms with Gasteiger partial charge in [-0.1, -0.05) is 29.3 Å². The molecule has 0 unspecified atom stereocenters. The fraction of sp³-hybridized carbons (Fsp3) is 0.143. The summed E-state index contributed by atoms with van der Waals surface area (Å²) >= 11 is 5.81. The molecule has 0 radical (unpaired) electrons. The van der Waals surface area contributed by atoms with Crippen LogP contribution in [-0.4, -0.2) is 21.6 Å². The first-order valence-corrected chi connectivity index (χ1v) is 9.30. The molecule has 0 aliphatic carbocycles. The fourth-order valence-electron chi connectivity index (χ4n) is 2.53. The van der Waals surface area contributed by atoms with Crippen molar-refractivity contribution >= 4 is 34.8 Å². The minimum Gasteiger partial charge on any atom is -0.326 e. The topological polar surface area (TPSA) is 93.1 Å². The summed E-state index contributed by atoms with van der Waals surface area (Å²) in [5.41, 5.74) is 2.00. The number of nitrogens with one attached hydrogen (secondary N) is 2. The highest BCUT2D eigenvalue weighted by Gasteiger charge is 2.11. The predicted octanol–water partition coefficient (Wildman–Crippen LogP) is 3.49. The molecule has 8 heteroatoms. The summed E-state index contributed by atoms with van der Waals surface area (Å²) in [7, 11) is 0. The van der Waals surface area contributed by atoms with Crippen LogP contribution in [0.15, 0.2) is 65.5 Å². The van der Waals surface area contributed by atoms with Crippen LogP contribution in [0.25, 0.3) is 0 Å². The highest BCUT2D eigenvalue weighted by atomic mass is 35.5. The molecule has 0 saturated heterocycles. The lowest BCUT2D eigenvalue weighted by Gasteiger charge is -2.09. The van der Waals surface area contributed by atoms with Gasteiger partial charge >= 0.3 is 0 Å². The highest BCUT2D eigenvalue weighted by molar-refractivity contribution is 6.30. The number of rotatable bonds is 6. The Labute approximate surface area is 172 Å². The van der Waals surface area contributed by atoms with Gasteiger partial charge in [0.05, 0.1) is 6.54 Å². The van der Waals surface area contributed by atoms with E-state index >= 15 is 0 Å². The maximum Gasteiger partial charge on any atom is 0.276 e. The Morgan fingerprint density at radius 1 is 0.931 bits per heavy atom. The lowest BCUT2D eigenvalue weighted by molar-refractivity contribution is -0.116. The van der Waals surface area contributed by atoms with Crippen LogP contribution in [-0.2, 0) is 11.3 Å². The van der Waals surface area contributed by atoms with E-state index in [9.17, 15) is 14.4 Å². The van der Waals surface area contributed by atoms with Crippen molar-refractivity contribution in [3.63, 3.8) is 0 Å². The summed E-state index contributed by atoms with van der Waals surface area (Å²) in [4.78, 5) is 36.5. The van der Waals surface area contributed by atoms with Gasteiger partial charge in [-0.05, 0) is 49.4 Å². The number of benzene rings is 2. The predicted molar refractivity (Wildman–Crippen MR) is 112 cm³/mol. The molecule has 148 valence electrons. The molecule has 0 atom stereocenters. The molecule has 1 aromatic heterocycles. The maximum absolute atomic E-state index is 12.4. The normalized spacial score (nSPS) is 10.4. The third kappa shape index (κ3) is 5.76. The number of halogens is 1. The van der Waals surface area contributed by atoms with Gasteiger partial charge in [0, 0.05) is 28.9 Å². The molecule has 7 nitrogen and oxygen atoms in total. The molecular weight excluding hydrogens is 392 g/mol. The van der Waals surface area contributed by atoms with Crippen LogP contribution < -0.4 is 16.2 Å². The van der Waals surface area contributed by atoms with E-state index in [1.54, 1.807) is 36.4 Å². The Morgan fingerprint density at radius 3 is 2.24 bits per heavy atom. The molecule has 0 bridgehead atoms. The molecule has 3 aromatic rings. The zero-order chi connectivity index (χ0) is 20.8. The minimum absolute atomic E-state index is 0.0264. The molecule has 1 heterocycles. The van der Waals surface area contributed by atoms with Crippen molar-refractivity contribution in [2.45, 2.75) is 19.9 Å². The molecule has 3 rings (SSSR count). The van der Waals surface area contributed by atoms with Gasteiger partial charge in [0.2, 0.25) is 5.91 Å². The van der Waals surface area contributed by atoms with Crippen molar-refractivity contribution in [1.29, 1.82) is 0 Å². The Morgan fingerprint density at radius 2 is 1.55 bits per heavy atom. The number of carbonyl (C=O) groups excluding carboxylic acids is 2. The van der Waals surface area contributed by atoms with Gasteiger partial charge in [-0.15, -0.1) is 0 Å². The van der Waals surface area contributed by atoms with E-state index in [-0.39, 0.29) is 24.6 Å². The third-order valence-electron chi connectivity index (χ3n) is 4.09. The highest BCUT2D eigenvalue weighted by Crippen LogP contribution is 2.13. The Kier molecular flexibility index (Phi) is 6.41. The van der Waals surface area contributed by atoms with Crippen LogP contribution in [0.4, 0.5) is 11.4 Å². The number of aryl methyl sites for hydroxylation is 2. The van der Waals surface area contributed by atoms with Crippen LogP contribution in [0.2, 0.25) is 5.02 Å². The van der Waals surface area contributed by atoms with Gasteiger partial charge < -0.3 is 10.6 Å². The summed E-state index contributed by atoms with van der Waals surface area (Å²) in [5, 5.41) is 10.1. The zero-order valence-electron chi connectivity index (χ0n) is 15.7. The molecule has 29 heavy (non-hydrogen) atoms. The fourth-order valence-corrected chi connectivity index (χ4v) is 2.65. The Hall–Kier alpha value is -3.45. The van der Waals surface area contributed by atoms with Gasteiger partial charge in [-0.2, -0.15) is 5.10 Å². The molecule has 0 aliphatic rings. The summed E-state index contributed by atoms with van der Waals surface area (Å²) in [6.07, 6.45) is 0.0264. The van der Waals surface area contributed by atoms with Crippen molar-refractivity contribution in [2.75, 3.05) is 10.6 Å². The minimum atomic E-state index is -0.437. The van der Waals surface area contributed by atoms with Crippen LogP contribution >= 0.6 is 11.6 Å². The first-order valence-electron chi connectivity index (χ1n) is 8.92. The SMILES string of the molecule is Cc1ccc(NC(=O)c2ccc(=O)n(CCC(=O)Nc3ccc(Cl)cc3)n2)cc1. The van der Waals surface area contributed by atoms with E-state index in [1.165, 1.54) is 12.1 Å². The molecule has 2 aromatic carbocycles. The van der Waals surface area contributed by atoms with Crippen molar-refractivity contribution in [3.8, 4) is 0 Å². The van der Waals surface area contributed by atoms with E-state index in [2.05, 4.69) is 15.7 Å². The largest absolute Gasteiger partial charge is 0.326 e. The second kappa shape index (κ2) is 9.16. The second-order valence-corrected chi connectivity index (χ2v) is 6.84. The van der Waals surface area contributed by atoms with Gasteiger partial charge in [-0.25, -0.2) is 4.68 Å². The van der Waals surface area contributed by atoms with E-state index < -0.39 is 11.5 Å². The smallest absolute Gasteiger partial charge is 0.276 e. The number of carbonyl (C=O) groups is 2. The lowest BCUT2D eigenvalue weighted by Crippen LogP contribution is -2.28. The van der Waals surface area contributed by atoms with Gasteiger partial charge in [0.15, 0.2) is 0 Å². The summed E-state index contributed by atoms with van der Waals surface area (Å²) in [6, 6.07) is 16.6. The standard InChI is InChI=1S/C21H19ClN4O3/c1-14-2-6-17(7-3-14)24-21(29)18-10-11-20(28)26(25-18)13-12-19(27)23-16-8-4-15(22)5-9-16/h2-11H,12-13H2,1H3,(H,23,27)(H,24,29). The van der Waals surface area contributed by atoms with Crippen molar-refractivity contribution in [1.82, 2.24) is 9.78 Å². The monoisotopic (exact) mass is 410 g/mol. The average Bonchev–Trinajstić information content (AvgIpc) is 2.71.